The zero-order valence-corrected chi connectivity index (χ0v) is 12.3. The zero-order valence-electron chi connectivity index (χ0n) is 11.5. The minimum absolute atomic E-state index is 0.0450. The molecule has 0 saturated heterocycles. The van der Waals surface area contributed by atoms with Crippen LogP contribution in [0.2, 0.25) is 0 Å². The molecule has 6 heteroatoms. The van der Waals surface area contributed by atoms with Gasteiger partial charge in [-0.15, -0.1) is 5.10 Å². The van der Waals surface area contributed by atoms with Crippen molar-refractivity contribution in [3.05, 3.63) is 40.9 Å². The van der Waals surface area contributed by atoms with E-state index in [4.69, 9.17) is 0 Å². The van der Waals surface area contributed by atoms with E-state index in [1.807, 2.05) is 17.0 Å². The van der Waals surface area contributed by atoms with Crippen molar-refractivity contribution in [2.45, 2.75) is 19.5 Å². The molecule has 3 rings (SSSR count). The lowest BCUT2D eigenvalue weighted by Gasteiger charge is -2.27. The number of rotatable bonds is 1. The third kappa shape index (κ3) is 2.27. The predicted octanol–water partition coefficient (Wildman–Crippen LogP) is 2.02. The van der Waals surface area contributed by atoms with Crippen molar-refractivity contribution in [2.75, 3.05) is 18.5 Å². The topological polar surface area (TPSA) is 49.3 Å². The summed E-state index contributed by atoms with van der Waals surface area (Å²) in [6.07, 6.45) is 0. The first kappa shape index (κ1) is 13.1. The van der Waals surface area contributed by atoms with Crippen LogP contribution in [-0.2, 0) is 6.54 Å². The highest BCUT2D eigenvalue weighted by atomic mass is 32.1. The standard InChI is InChI=1S/C14H16N4OS/c1-10-7-17(2)13-6-4-3-5-11(13)8-18(10)14(19)12-9-20-16-15-12/h3-6,9-10H,7-8H2,1-2H3/t10-/m0/s1. The lowest BCUT2D eigenvalue weighted by molar-refractivity contribution is 0.0681. The number of para-hydroxylation sites is 1. The fraction of sp³-hybridized carbons (Fsp3) is 0.357. The molecular weight excluding hydrogens is 272 g/mol. The van der Waals surface area contributed by atoms with Crippen LogP contribution in [0.25, 0.3) is 0 Å². The molecule has 0 unspecified atom stereocenters. The van der Waals surface area contributed by atoms with Crippen molar-refractivity contribution in [3.8, 4) is 0 Å². The Morgan fingerprint density at radius 3 is 2.95 bits per heavy atom. The van der Waals surface area contributed by atoms with Gasteiger partial charge in [0.2, 0.25) is 0 Å². The minimum atomic E-state index is -0.0450. The fourth-order valence-corrected chi connectivity index (χ4v) is 3.06. The van der Waals surface area contributed by atoms with Gasteiger partial charge in [-0.2, -0.15) is 0 Å². The van der Waals surface area contributed by atoms with Crippen LogP contribution in [0.15, 0.2) is 29.6 Å². The average Bonchev–Trinajstić information content (AvgIpc) is 2.94. The normalized spacial score (nSPS) is 18.6. The first-order valence-corrected chi connectivity index (χ1v) is 7.37. The molecule has 1 aromatic heterocycles. The number of likely N-dealkylation sites (N-methyl/N-ethyl adjacent to an activating group) is 1. The number of aromatic nitrogens is 2. The van der Waals surface area contributed by atoms with Gasteiger partial charge in [0.25, 0.3) is 5.91 Å². The Morgan fingerprint density at radius 2 is 2.20 bits per heavy atom. The lowest BCUT2D eigenvalue weighted by atomic mass is 10.1. The van der Waals surface area contributed by atoms with Crippen molar-refractivity contribution in [2.24, 2.45) is 0 Å². The second kappa shape index (κ2) is 5.20. The average molecular weight is 288 g/mol. The van der Waals surface area contributed by atoms with Crippen molar-refractivity contribution in [3.63, 3.8) is 0 Å². The van der Waals surface area contributed by atoms with Crippen LogP contribution in [0.3, 0.4) is 0 Å². The van der Waals surface area contributed by atoms with Crippen LogP contribution in [0, 0.1) is 0 Å². The molecule has 5 nitrogen and oxygen atoms in total. The third-order valence-corrected chi connectivity index (χ3v) is 4.16. The molecule has 0 N–H and O–H groups in total. The summed E-state index contributed by atoms with van der Waals surface area (Å²) < 4.78 is 3.78. The molecule has 1 aliphatic heterocycles. The number of nitrogens with zero attached hydrogens (tertiary/aromatic N) is 4. The van der Waals surface area contributed by atoms with Gasteiger partial charge in [-0.25, -0.2) is 0 Å². The molecule has 0 aliphatic carbocycles. The van der Waals surface area contributed by atoms with Gasteiger partial charge >= 0.3 is 0 Å². The second-order valence-corrected chi connectivity index (χ2v) is 5.69. The monoisotopic (exact) mass is 288 g/mol. The van der Waals surface area contributed by atoms with E-state index in [1.54, 1.807) is 5.38 Å². The number of fused-ring (bicyclic) bond motifs is 1. The second-order valence-electron chi connectivity index (χ2n) is 5.08. The number of benzene rings is 1. The van der Waals surface area contributed by atoms with E-state index in [-0.39, 0.29) is 11.9 Å². The number of amides is 1. The summed E-state index contributed by atoms with van der Waals surface area (Å²) in [5, 5.41) is 5.60. The molecule has 2 heterocycles. The maximum absolute atomic E-state index is 12.6. The van der Waals surface area contributed by atoms with E-state index in [1.165, 1.54) is 17.2 Å². The molecule has 0 spiro atoms. The summed E-state index contributed by atoms with van der Waals surface area (Å²) in [6, 6.07) is 8.34. The van der Waals surface area contributed by atoms with E-state index >= 15 is 0 Å². The van der Waals surface area contributed by atoms with E-state index < -0.39 is 0 Å². The molecule has 0 bridgehead atoms. The Balaban J connectivity index is 1.95. The molecule has 20 heavy (non-hydrogen) atoms. The molecule has 1 atom stereocenters. The van der Waals surface area contributed by atoms with E-state index in [0.717, 1.165) is 12.1 Å². The van der Waals surface area contributed by atoms with E-state index in [2.05, 4.69) is 40.6 Å². The number of hydrogen-bond donors (Lipinski definition) is 0. The molecule has 0 fully saturated rings. The fourth-order valence-electron chi connectivity index (χ4n) is 2.63. The number of carbonyl (C=O) groups excluding carboxylic acids is 1. The summed E-state index contributed by atoms with van der Waals surface area (Å²) in [6.45, 7) is 3.48. The Labute approximate surface area is 122 Å². The summed E-state index contributed by atoms with van der Waals surface area (Å²) in [5.41, 5.74) is 2.78. The van der Waals surface area contributed by atoms with Gasteiger partial charge in [0, 0.05) is 37.2 Å². The van der Waals surface area contributed by atoms with Crippen LogP contribution in [0.5, 0.6) is 0 Å². The van der Waals surface area contributed by atoms with Gasteiger partial charge in [-0.05, 0) is 30.1 Å². The summed E-state index contributed by atoms with van der Waals surface area (Å²) in [7, 11) is 2.06. The first-order valence-electron chi connectivity index (χ1n) is 6.54. The zero-order chi connectivity index (χ0) is 14.1. The van der Waals surface area contributed by atoms with Crippen molar-refractivity contribution < 1.29 is 4.79 Å². The molecule has 1 aromatic carbocycles. The molecule has 104 valence electrons. The van der Waals surface area contributed by atoms with Gasteiger partial charge in [0.1, 0.15) is 0 Å². The van der Waals surface area contributed by atoms with Gasteiger partial charge in [0.15, 0.2) is 5.69 Å². The SMILES string of the molecule is C[C@H]1CN(C)c2ccccc2CN1C(=O)c1csnn1. The van der Waals surface area contributed by atoms with E-state index in [9.17, 15) is 4.79 Å². The maximum atomic E-state index is 12.6. The lowest BCUT2D eigenvalue weighted by Crippen LogP contribution is -2.42. The molecular formula is C14H16N4OS. The predicted molar refractivity (Wildman–Crippen MR) is 79.0 cm³/mol. The molecule has 0 radical (unpaired) electrons. The number of carbonyl (C=O) groups is 1. The quantitative estimate of drug-likeness (QED) is 0.805. The molecule has 1 amide bonds. The van der Waals surface area contributed by atoms with Crippen molar-refractivity contribution in [1.82, 2.24) is 14.5 Å². The summed E-state index contributed by atoms with van der Waals surface area (Å²) in [5.74, 6) is -0.0450. The Kier molecular flexibility index (Phi) is 3.40. The van der Waals surface area contributed by atoms with Crippen molar-refractivity contribution >= 4 is 23.1 Å². The van der Waals surface area contributed by atoms with Gasteiger partial charge < -0.3 is 9.80 Å². The smallest absolute Gasteiger partial charge is 0.275 e. The van der Waals surface area contributed by atoms with Crippen LogP contribution < -0.4 is 4.90 Å². The third-order valence-electron chi connectivity index (χ3n) is 3.65. The van der Waals surface area contributed by atoms with Crippen LogP contribution in [0.1, 0.15) is 23.0 Å². The van der Waals surface area contributed by atoms with Gasteiger partial charge in [-0.3, -0.25) is 4.79 Å². The number of anilines is 1. The highest BCUT2D eigenvalue weighted by Crippen LogP contribution is 2.26. The Morgan fingerprint density at radius 1 is 1.40 bits per heavy atom. The van der Waals surface area contributed by atoms with Gasteiger partial charge in [0.05, 0.1) is 0 Å². The van der Waals surface area contributed by atoms with Crippen molar-refractivity contribution in [1.29, 1.82) is 0 Å². The molecule has 2 aromatic rings. The maximum Gasteiger partial charge on any atom is 0.275 e. The Bertz CT molecular complexity index is 613. The largest absolute Gasteiger partial charge is 0.372 e. The highest BCUT2D eigenvalue weighted by Gasteiger charge is 2.28. The molecule has 0 saturated carbocycles. The summed E-state index contributed by atoms with van der Waals surface area (Å²) >= 11 is 1.21. The first-order chi connectivity index (χ1) is 9.66. The minimum Gasteiger partial charge on any atom is -0.372 e. The van der Waals surface area contributed by atoms with Crippen LogP contribution in [-0.4, -0.2) is 40.0 Å². The van der Waals surface area contributed by atoms with Gasteiger partial charge in [-0.1, -0.05) is 22.7 Å². The number of hydrogen-bond acceptors (Lipinski definition) is 5. The molecule has 1 aliphatic rings. The van der Waals surface area contributed by atoms with Crippen LogP contribution >= 0.6 is 11.5 Å². The van der Waals surface area contributed by atoms with E-state index in [0.29, 0.717) is 12.2 Å². The summed E-state index contributed by atoms with van der Waals surface area (Å²) in [4.78, 5) is 16.6. The highest BCUT2D eigenvalue weighted by molar-refractivity contribution is 7.03. The Hall–Kier alpha value is -1.95. The van der Waals surface area contributed by atoms with Crippen LogP contribution in [0.4, 0.5) is 5.69 Å².